The van der Waals surface area contributed by atoms with Crippen LogP contribution in [-0.2, 0) is 22.4 Å². The van der Waals surface area contributed by atoms with Crippen LogP contribution in [0.4, 0.5) is 0 Å². The maximum Gasteiger partial charge on any atom is 0.223 e. The van der Waals surface area contributed by atoms with E-state index in [-0.39, 0.29) is 23.3 Å². The smallest absolute Gasteiger partial charge is 0.223 e. The lowest BCUT2D eigenvalue weighted by Gasteiger charge is -2.35. The van der Waals surface area contributed by atoms with Crippen molar-refractivity contribution in [3.05, 3.63) is 59.7 Å². The zero-order valence-electron chi connectivity index (χ0n) is 15.9. The number of aryl methyl sites for hydroxylation is 2. The molecule has 0 unspecified atom stereocenters. The summed E-state index contributed by atoms with van der Waals surface area (Å²) in [4.78, 5) is 28.4. The van der Waals surface area contributed by atoms with Crippen molar-refractivity contribution in [2.24, 2.45) is 0 Å². The Morgan fingerprint density at radius 2 is 1.04 bits per heavy atom. The molecule has 0 aliphatic carbocycles. The lowest BCUT2D eigenvalue weighted by atomic mass is 10.1. The van der Waals surface area contributed by atoms with E-state index >= 15 is 0 Å². The first-order valence-electron chi connectivity index (χ1n) is 9.64. The van der Waals surface area contributed by atoms with Gasteiger partial charge in [0.25, 0.3) is 0 Å². The highest BCUT2D eigenvalue weighted by molar-refractivity contribution is 5.79. The number of rotatable bonds is 6. The minimum absolute atomic E-state index is 0.0459. The molecule has 1 fully saturated rings. The summed E-state index contributed by atoms with van der Waals surface area (Å²) < 4.78 is 0. The number of piperazine rings is 1. The number of amides is 2. The van der Waals surface area contributed by atoms with Crippen molar-refractivity contribution in [3.63, 3.8) is 0 Å². The van der Waals surface area contributed by atoms with Gasteiger partial charge >= 0.3 is 0 Å². The number of carbonyl (C=O) groups is 2. The minimum atomic E-state index is 0.0459. The van der Waals surface area contributed by atoms with Crippen LogP contribution in [-0.4, -0.2) is 58.0 Å². The van der Waals surface area contributed by atoms with Crippen LogP contribution in [0, 0.1) is 0 Å². The molecule has 0 spiro atoms. The van der Waals surface area contributed by atoms with Gasteiger partial charge in [-0.05, 0) is 36.1 Å². The molecule has 0 radical (unpaired) electrons. The van der Waals surface area contributed by atoms with Gasteiger partial charge < -0.3 is 20.0 Å². The average Bonchev–Trinajstić information content (AvgIpc) is 2.72. The van der Waals surface area contributed by atoms with E-state index in [1.807, 2.05) is 24.3 Å². The van der Waals surface area contributed by atoms with E-state index in [0.717, 1.165) is 11.1 Å². The predicted octanol–water partition coefficient (Wildman–Crippen LogP) is 2.33. The third-order valence-electron chi connectivity index (χ3n) is 5.18. The lowest BCUT2D eigenvalue weighted by molar-refractivity contribution is -0.139. The number of phenols is 2. The Balaban J connectivity index is 1.42. The lowest BCUT2D eigenvalue weighted by Crippen LogP contribution is -2.50. The van der Waals surface area contributed by atoms with E-state index in [9.17, 15) is 19.8 Å². The summed E-state index contributed by atoms with van der Waals surface area (Å²) in [5, 5.41) is 19.6. The van der Waals surface area contributed by atoms with Gasteiger partial charge in [0.2, 0.25) is 11.8 Å². The van der Waals surface area contributed by atoms with Crippen molar-refractivity contribution < 1.29 is 19.8 Å². The van der Waals surface area contributed by atoms with E-state index in [0.29, 0.717) is 51.9 Å². The average molecular weight is 382 g/mol. The van der Waals surface area contributed by atoms with Crippen LogP contribution >= 0.6 is 0 Å². The molecule has 3 rings (SSSR count). The van der Waals surface area contributed by atoms with Gasteiger partial charge in [-0.2, -0.15) is 0 Å². The van der Waals surface area contributed by atoms with Crippen LogP contribution in [0.3, 0.4) is 0 Å². The summed E-state index contributed by atoms with van der Waals surface area (Å²) in [5.74, 6) is 0.527. The molecule has 2 aromatic rings. The molecule has 0 bridgehead atoms. The summed E-state index contributed by atoms with van der Waals surface area (Å²) >= 11 is 0. The first-order valence-corrected chi connectivity index (χ1v) is 9.64. The first-order chi connectivity index (χ1) is 13.5. The largest absolute Gasteiger partial charge is 0.508 e. The Morgan fingerprint density at radius 3 is 1.39 bits per heavy atom. The molecule has 2 amide bonds. The zero-order chi connectivity index (χ0) is 19.9. The fourth-order valence-electron chi connectivity index (χ4n) is 3.45. The molecule has 1 aliphatic heterocycles. The topological polar surface area (TPSA) is 81.1 Å². The molecular formula is C22H26N2O4. The quantitative estimate of drug-likeness (QED) is 0.804. The summed E-state index contributed by atoms with van der Waals surface area (Å²) in [6, 6.07) is 14.1. The number of carbonyl (C=O) groups excluding carboxylic acids is 2. The molecule has 6 nitrogen and oxygen atoms in total. The number of aromatic hydroxyl groups is 2. The van der Waals surface area contributed by atoms with Gasteiger partial charge in [-0.15, -0.1) is 0 Å². The molecule has 6 heteroatoms. The Bertz CT molecular complexity index is 759. The number of nitrogens with zero attached hydrogens (tertiary/aromatic N) is 2. The molecule has 1 heterocycles. The summed E-state index contributed by atoms with van der Waals surface area (Å²) in [6.07, 6.45) is 1.70. The third kappa shape index (κ3) is 5.03. The van der Waals surface area contributed by atoms with Crippen LogP contribution in [0.15, 0.2) is 48.5 Å². The Morgan fingerprint density at radius 1 is 0.679 bits per heavy atom. The highest BCUT2D eigenvalue weighted by atomic mass is 16.3. The van der Waals surface area contributed by atoms with Gasteiger partial charge in [0, 0.05) is 39.0 Å². The molecule has 0 atom stereocenters. The van der Waals surface area contributed by atoms with Crippen molar-refractivity contribution >= 4 is 11.8 Å². The summed E-state index contributed by atoms with van der Waals surface area (Å²) in [5.41, 5.74) is 1.54. The van der Waals surface area contributed by atoms with Crippen LogP contribution in [0.1, 0.15) is 24.0 Å². The van der Waals surface area contributed by atoms with Crippen LogP contribution < -0.4 is 0 Å². The molecule has 0 aromatic heterocycles. The minimum Gasteiger partial charge on any atom is -0.508 e. The number of para-hydroxylation sites is 2. The van der Waals surface area contributed by atoms with E-state index in [1.54, 1.807) is 34.1 Å². The second-order valence-electron chi connectivity index (χ2n) is 7.02. The van der Waals surface area contributed by atoms with Gasteiger partial charge in [0.1, 0.15) is 11.5 Å². The fourth-order valence-corrected chi connectivity index (χ4v) is 3.45. The molecule has 2 aromatic carbocycles. The Kier molecular flexibility index (Phi) is 6.53. The highest BCUT2D eigenvalue weighted by Gasteiger charge is 2.24. The Labute approximate surface area is 165 Å². The number of hydrogen-bond acceptors (Lipinski definition) is 4. The van der Waals surface area contributed by atoms with Gasteiger partial charge in [-0.1, -0.05) is 36.4 Å². The van der Waals surface area contributed by atoms with Gasteiger partial charge in [-0.3, -0.25) is 9.59 Å². The molecule has 1 aliphatic rings. The monoisotopic (exact) mass is 382 g/mol. The Hall–Kier alpha value is -3.02. The van der Waals surface area contributed by atoms with E-state index < -0.39 is 0 Å². The molecule has 28 heavy (non-hydrogen) atoms. The van der Waals surface area contributed by atoms with Crippen molar-refractivity contribution in [1.82, 2.24) is 9.80 Å². The maximum absolute atomic E-state index is 12.4. The van der Waals surface area contributed by atoms with Gasteiger partial charge in [0.05, 0.1) is 0 Å². The van der Waals surface area contributed by atoms with Crippen LogP contribution in [0.5, 0.6) is 11.5 Å². The molecule has 2 N–H and O–H groups in total. The molecule has 1 saturated heterocycles. The number of phenolic OH excluding ortho intramolecular Hbond substituents is 2. The van der Waals surface area contributed by atoms with Crippen molar-refractivity contribution in [2.45, 2.75) is 25.7 Å². The molecule has 0 saturated carbocycles. The van der Waals surface area contributed by atoms with Gasteiger partial charge in [-0.25, -0.2) is 0 Å². The SMILES string of the molecule is O=C(CCc1ccccc1O)N1CCN(C(=O)CCc2ccccc2O)CC1. The normalized spacial score (nSPS) is 14.1. The number of hydrogen-bond donors (Lipinski definition) is 2. The van der Waals surface area contributed by atoms with E-state index in [2.05, 4.69) is 0 Å². The first kappa shape index (κ1) is 19.7. The second kappa shape index (κ2) is 9.26. The van der Waals surface area contributed by atoms with E-state index in [4.69, 9.17) is 0 Å². The molecular weight excluding hydrogens is 356 g/mol. The second-order valence-corrected chi connectivity index (χ2v) is 7.02. The predicted molar refractivity (Wildman–Crippen MR) is 106 cm³/mol. The summed E-state index contributed by atoms with van der Waals surface area (Å²) in [6.45, 7) is 2.12. The zero-order valence-corrected chi connectivity index (χ0v) is 15.9. The molecule has 148 valence electrons. The standard InChI is InChI=1S/C22H26N2O4/c25-19-7-3-1-5-17(19)9-11-21(27)23-13-15-24(16-14-23)22(28)12-10-18-6-2-4-8-20(18)26/h1-8,25-26H,9-16H2. The fraction of sp³-hybridized carbons (Fsp3) is 0.364. The van der Waals surface area contributed by atoms with Crippen LogP contribution in [0.25, 0.3) is 0 Å². The highest BCUT2D eigenvalue weighted by Crippen LogP contribution is 2.19. The third-order valence-corrected chi connectivity index (χ3v) is 5.18. The van der Waals surface area contributed by atoms with Gasteiger partial charge in [0.15, 0.2) is 0 Å². The van der Waals surface area contributed by atoms with Crippen molar-refractivity contribution in [1.29, 1.82) is 0 Å². The van der Waals surface area contributed by atoms with Crippen molar-refractivity contribution in [3.8, 4) is 11.5 Å². The van der Waals surface area contributed by atoms with Crippen molar-refractivity contribution in [2.75, 3.05) is 26.2 Å². The number of benzene rings is 2. The van der Waals surface area contributed by atoms with Crippen LogP contribution in [0.2, 0.25) is 0 Å². The maximum atomic E-state index is 12.4. The summed E-state index contributed by atoms with van der Waals surface area (Å²) in [7, 11) is 0. The van der Waals surface area contributed by atoms with E-state index in [1.165, 1.54) is 0 Å².